The van der Waals surface area contributed by atoms with Crippen LogP contribution in [0.4, 0.5) is 5.82 Å². The van der Waals surface area contributed by atoms with Crippen molar-refractivity contribution in [3.8, 4) is 10.4 Å². The molecule has 2 aromatic heterocycles. The van der Waals surface area contributed by atoms with Crippen molar-refractivity contribution in [2.75, 3.05) is 44.2 Å². The molecule has 2 aliphatic heterocycles. The zero-order chi connectivity index (χ0) is 18.9. The molecule has 0 radical (unpaired) electrons. The molecule has 0 amide bonds. The van der Waals surface area contributed by atoms with E-state index >= 15 is 0 Å². The van der Waals surface area contributed by atoms with Crippen molar-refractivity contribution < 1.29 is 4.74 Å². The van der Waals surface area contributed by atoms with Crippen LogP contribution < -0.4 is 4.90 Å². The monoisotopic (exact) mass is 394 g/mol. The number of fused-ring (bicyclic) bond motifs is 1. The fourth-order valence-corrected chi connectivity index (χ4v) is 5.29. The van der Waals surface area contributed by atoms with Gasteiger partial charge < -0.3 is 9.64 Å². The lowest BCUT2D eigenvalue weighted by atomic mass is 10.1. The van der Waals surface area contributed by atoms with Gasteiger partial charge >= 0.3 is 0 Å². The van der Waals surface area contributed by atoms with E-state index in [2.05, 4.69) is 46.2 Å². The highest BCUT2D eigenvalue weighted by atomic mass is 32.1. The Labute approximate surface area is 170 Å². The summed E-state index contributed by atoms with van der Waals surface area (Å²) in [5.74, 6) is 1.95. The van der Waals surface area contributed by atoms with E-state index in [1.807, 2.05) is 6.92 Å². The molecular weight excluding hydrogens is 368 g/mol. The first-order valence-electron chi connectivity index (χ1n) is 10.2. The number of aryl methyl sites for hydroxylation is 1. The molecule has 28 heavy (non-hydrogen) atoms. The first-order valence-corrected chi connectivity index (χ1v) is 11.0. The third-order valence-corrected chi connectivity index (χ3v) is 6.78. The van der Waals surface area contributed by atoms with Crippen LogP contribution in [0.25, 0.3) is 20.7 Å². The molecule has 5 nitrogen and oxygen atoms in total. The van der Waals surface area contributed by atoms with Crippen molar-refractivity contribution >= 4 is 27.4 Å². The van der Waals surface area contributed by atoms with Crippen LogP contribution in [-0.2, 0) is 4.74 Å². The van der Waals surface area contributed by atoms with E-state index in [9.17, 15) is 0 Å². The zero-order valence-corrected chi connectivity index (χ0v) is 17.1. The highest BCUT2D eigenvalue weighted by molar-refractivity contribution is 7.21. The Kier molecular flexibility index (Phi) is 5.01. The topological polar surface area (TPSA) is 41.5 Å². The molecule has 0 spiro atoms. The first-order chi connectivity index (χ1) is 13.8. The van der Waals surface area contributed by atoms with Gasteiger partial charge in [-0.3, -0.25) is 4.90 Å². The van der Waals surface area contributed by atoms with Crippen molar-refractivity contribution in [1.29, 1.82) is 0 Å². The molecule has 3 aromatic rings. The van der Waals surface area contributed by atoms with Crippen molar-refractivity contribution in [1.82, 2.24) is 14.9 Å². The molecule has 146 valence electrons. The molecule has 0 unspecified atom stereocenters. The van der Waals surface area contributed by atoms with E-state index in [1.54, 1.807) is 11.3 Å². The number of hydrogen-bond acceptors (Lipinski definition) is 6. The summed E-state index contributed by atoms with van der Waals surface area (Å²) in [5, 5.41) is 1.18. The van der Waals surface area contributed by atoms with E-state index in [0.717, 1.165) is 55.8 Å². The molecule has 6 heteroatoms. The smallest absolute Gasteiger partial charge is 0.141 e. The number of piperazine rings is 1. The Bertz CT molecular complexity index is 944. The number of rotatable bonds is 4. The van der Waals surface area contributed by atoms with Crippen LogP contribution in [0, 0.1) is 6.92 Å². The first kappa shape index (κ1) is 18.0. The molecule has 5 rings (SSSR count). The van der Waals surface area contributed by atoms with Crippen LogP contribution in [0.15, 0.2) is 36.4 Å². The fourth-order valence-electron chi connectivity index (χ4n) is 4.21. The minimum atomic E-state index is 0.435. The van der Waals surface area contributed by atoms with Gasteiger partial charge in [-0.15, -0.1) is 11.3 Å². The van der Waals surface area contributed by atoms with Gasteiger partial charge in [0.05, 0.1) is 11.5 Å². The second-order valence-electron chi connectivity index (χ2n) is 7.71. The van der Waals surface area contributed by atoms with Crippen LogP contribution in [-0.4, -0.2) is 60.3 Å². The van der Waals surface area contributed by atoms with Crippen molar-refractivity contribution in [2.24, 2.45) is 0 Å². The summed E-state index contributed by atoms with van der Waals surface area (Å²) in [6.45, 7) is 8.16. The largest absolute Gasteiger partial charge is 0.377 e. The molecule has 2 fully saturated rings. The Morgan fingerprint density at radius 3 is 2.68 bits per heavy atom. The lowest BCUT2D eigenvalue weighted by Crippen LogP contribution is -2.48. The van der Waals surface area contributed by atoms with Gasteiger partial charge in [0.15, 0.2) is 0 Å². The SMILES string of the molecule is Cc1nc(N2CCN(C[C@H]3CCCO3)CC2)c2cc(-c3ccccc3)sc2n1. The standard InChI is InChI=1S/C22H26N4OS/c1-16-23-21(26-11-9-25(10-12-26)15-18-8-5-13-27-18)19-14-20(28-22(19)24-16)17-6-3-2-4-7-17/h2-4,6-7,14,18H,5,8-13,15H2,1H3/t18-/m1/s1. The maximum absolute atomic E-state index is 5.81. The molecule has 2 saturated heterocycles. The highest BCUT2D eigenvalue weighted by Crippen LogP contribution is 2.36. The number of benzene rings is 1. The number of nitrogens with zero attached hydrogens (tertiary/aromatic N) is 4. The number of anilines is 1. The summed E-state index contributed by atoms with van der Waals surface area (Å²) in [5.41, 5.74) is 1.25. The van der Waals surface area contributed by atoms with E-state index in [-0.39, 0.29) is 0 Å². The number of aromatic nitrogens is 2. The van der Waals surface area contributed by atoms with Crippen molar-refractivity contribution in [3.63, 3.8) is 0 Å². The van der Waals surface area contributed by atoms with Gasteiger partial charge in [-0.25, -0.2) is 9.97 Å². The average molecular weight is 395 g/mol. The van der Waals surface area contributed by atoms with Gasteiger partial charge in [0.25, 0.3) is 0 Å². The lowest BCUT2D eigenvalue weighted by Gasteiger charge is -2.36. The highest BCUT2D eigenvalue weighted by Gasteiger charge is 2.25. The van der Waals surface area contributed by atoms with E-state index in [1.165, 1.54) is 28.7 Å². The van der Waals surface area contributed by atoms with E-state index in [4.69, 9.17) is 14.7 Å². The summed E-state index contributed by atoms with van der Waals surface area (Å²) >= 11 is 1.76. The summed E-state index contributed by atoms with van der Waals surface area (Å²) in [6, 6.07) is 12.8. The van der Waals surface area contributed by atoms with E-state index < -0.39 is 0 Å². The summed E-state index contributed by atoms with van der Waals surface area (Å²) in [6.07, 6.45) is 2.86. The summed E-state index contributed by atoms with van der Waals surface area (Å²) < 4.78 is 5.81. The zero-order valence-electron chi connectivity index (χ0n) is 16.3. The minimum absolute atomic E-state index is 0.435. The van der Waals surface area contributed by atoms with E-state index in [0.29, 0.717) is 6.10 Å². The number of hydrogen-bond donors (Lipinski definition) is 0. The van der Waals surface area contributed by atoms with Crippen LogP contribution in [0.5, 0.6) is 0 Å². The van der Waals surface area contributed by atoms with Gasteiger partial charge in [-0.1, -0.05) is 30.3 Å². The van der Waals surface area contributed by atoms with Crippen molar-refractivity contribution in [3.05, 3.63) is 42.2 Å². The van der Waals surface area contributed by atoms with Crippen LogP contribution >= 0.6 is 11.3 Å². The number of thiophene rings is 1. The minimum Gasteiger partial charge on any atom is -0.377 e. The molecule has 0 bridgehead atoms. The van der Waals surface area contributed by atoms with Crippen LogP contribution in [0.1, 0.15) is 18.7 Å². The predicted octanol–water partition coefficient (Wildman–Crippen LogP) is 3.97. The molecule has 1 aromatic carbocycles. The lowest BCUT2D eigenvalue weighted by molar-refractivity contribution is 0.0712. The Hall–Kier alpha value is -2.02. The molecule has 2 aliphatic rings. The normalized spacial score (nSPS) is 20.9. The maximum Gasteiger partial charge on any atom is 0.141 e. The van der Waals surface area contributed by atoms with Gasteiger partial charge in [-0.05, 0) is 31.4 Å². The van der Waals surface area contributed by atoms with Gasteiger partial charge in [0, 0.05) is 44.2 Å². The van der Waals surface area contributed by atoms with Gasteiger partial charge in [-0.2, -0.15) is 0 Å². The predicted molar refractivity (Wildman–Crippen MR) is 115 cm³/mol. The second kappa shape index (κ2) is 7.78. The van der Waals surface area contributed by atoms with Crippen molar-refractivity contribution in [2.45, 2.75) is 25.9 Å². The molecular formula is C22H26N4OS. The Morgan fingerprint density at radius 1 is 1.11 bits per heavy atom. The molecule has 4 heterocycles. The van der Waals surface area contributed by atoms with Gasteiger partial charge in [0.2, 0.25) is 0 Å². The Morgan fingerprint density at radius 2 is 1.93 bits per heavy atom. The van der Waals surface area contributed by atoms with Gasteiger partial charge in [0.1, 0.15) is 16.5 Å². The summed E-state index contributed by atoms with van der Waals surface area (Å²) in [4.78, 5) is 16.9. The number of ether oxygens (including phenoxy) is 1. The van der Waals surface area contributed by atoms with Crippen LogP contribution in [0.3, 0.4) is 0 Å². The quantitative estimate of drug-likeness (QED) is 0.670. The van der Waals surface area contributed by atoms with Crippen LogP contribution in [0.2, 0.25) is 0 Å². The Balaban J connectivity index is 1.37. The summed E-state index contributed by atoms with van der Waals surface area (Å²) in [7, 11) is 0. The average Bonchev–Trinajstić information content (AvgIpc) is 3.38. The molecule has 0 N–H and O–H groups in total. The third kappa shape index (κ3) is 3.64. The fraction of sp³-hybridized carbons (Fsp3) is 0.455. The molecule has 0 aliphatic carbocycles. The maximum atomic E-state index is 5.81. The second-order valence-corrected chi connectivity index (χ2v) is 8.74. The third-order valence-electron chi connectivity index (χ3n) is 5.70. The molecule has 1 atom stereocenters. The molecule has 0 saturated carbocycles.